The summed E-state index contributed by atoms with van der Waals surface area (Å²) in [7, 11) is 1.74. The third kappa shape index (κ3) is 5.75. The summed E-state index contributed by atoms with van der Waals surface area (Å²) in [6.45, 7) is 9.32. The number of hydrogen-bond donors (Lipinski definition) is 2. The molecule has 0 saturated carbocycles. The van der Waals surface area contributed by atoms with E-state index in [1.54, 1.807) is 7.11 Å². The lowest BCUT2D eigenvalue weighted by molar-refractivity contribution is -0.198. The number of aryl methyl sites for hydroxylation is 2. The van der Waals surface area contributed by atoms with Gasteiger partial charge in [0, 0.05) is 32.8 Å². The zero-order valence-corrected chi connectivity index (χ0v) is 17.3. The molecule has 1 saturated heterocycles. The smallest absolute Gasteiger partial charge is 0.171 e. The van der Waals surface area contributed by atoms with Crippen LogP contribution < -0.4 is 5.32 Å². The molecule has 0 radical (unpaired) electrons. The van der Waals surface area contributed by atoms with E-state index < -0.39 is 6.29 Å². The van der Waals surface area contributed by atoms with Crippen LogP contribution in [0.3, 0.4) is 0 Å². The Morgan fingerprint density at radius 3 is 2.78 bits per heavy atom. The van der Waals surface area contributed by atoms with Crippen LogP contribution in [0.1, 0.15) is 43.9 Å². The SMILES string of the molecule is COC[C@H]1CN([C@@H](Cc2ccc3c(c2)CCC3)C(O)OC(C)(C)C)CCN1. The first-order chi connectivity index (χ1) is 12.9. The number of benzene rings is 1. The van der Waals surface area contributed by atoms with Crippen molar-refractivity contribution in [3.8, 4) is 0 Å². The van der Waals surface area contributed by atoms with Crippen LogP contribution in [0.5, 0.6) is 0 Å². The molecule has 3 rings (SSSR count). The van der Waals surface area contributed by atoms with E-state index in [0.29, 0.717) is 6.61 Å². The molecule has 5 heteroatoms. The fourth-order valence-corrected chi connectivity index (χ4v) is 4.31. The Balaban J connectivity index is 1.76. The van der Waals surface area contributed by atoms with Crippen molar-refractivity contribution >= 4 is 0 Å². The van der Waals surface area contributed by atoms with Crippen LogP contribution in [-0.4, -0.2) is 67.3 Å². The van der Waals surface area contributed by atoms with Crippen LogP contribution in [0.15, 0.2) is 18.2 Å². The van der Waals surface area contributed by atoms with Crippen molar-refractivity contribution in [2.75, 3.05) is 33.4 Å². The second-order valence-electron chi connectivity index (χ2n) is 8.95. The fraction of sp³-hybridized carbons (Fsp3) is 0.727. The molecule has 1 aromatic rings. The Hall–Kier alpha value is -0.980. The van der Waals surface area contributed by atoms with Gasteiger partial charge in [0.2, 0.25) is 0 Å². The lowest BCUT2D eigenvalue weighted by Crippen LogP contribution is -2.59. The van der Waals surface area contributed by atoms with E-state index in [2.05, 4.69) is 28.4 Å². The van der Waals surface area contributed by atoms with E-state index in [9.17, 15) is 5.11 Å². The molecular weight excluding hydrogens is 340 g/mol. The molecule has 1 heterocycles. The fourth-order valence-electron chi connectivity index (χ4n) is 4.31. The number of nitrogens with one attached hydrogen (secondary N) is 1. The van der Waals surface area contributed by atoms with Crippen LogP contribution in [0.25, 0.3) is 0 Å². The number of methoxy groups -OCH3 is 1. The summed E-state index contributed by atoms with van der Waals surface area (Å²) in [6.07, 6.45) is 3.61. The number of nitrogens with zero attached hydrogens (tertiary/aromatic N) is 1. The van der Waals surface area contributed by atoms with Gasteiger partial charge in [-0.15, -0.1) is 0 Å². The maximum absolute atomic E-state index is 11.0. The van der Waals surface area contributed by atoms with Crippen LogP contribution >= 0.6 is 0 Å². The van der Waals surface area contributed by atoms with Gasteiger partial charge in [-0.2, -0.15) is 0 Å². The van der Waals surface area contributed by atoms with E-state index in [1.807, 2.05) is 20.8 Å². The van der Waals surface area contributed by atoms with Gasteiger partial charge in [0.15, 0.2) is 6.29 Å². The van der Waals surface area contributed by atoms with Crippen molar-refractivity contribution in [3.05, 3.63) is 34.9 Å². The van der Waals surface area contributed by atoms with E-state index in [1.165, 1.54) is 36.0 Å². The van der Waals surface area contributed by atoms with Gasteiger partial charge in [0.1, 0.15) is 0 Å². The second kappa shape index (κ2) is 9.01. The van der Waals surface area contributed by atoms with Gasteiger partial charge in [-0.1, -0.05) is 18.2 Å². The normalized spacial score (nSPS) is 23.2. The third-order valence-electron chi connectivity index (χ3n) is 5.53. The molecule has 1 unspecified atom stereocenters. The molecule has 0 spiro atoms. The first-order valence-electron chi connectivity index (χ1n) is 10.3. The van der Waals surface area contributed by atoms with Crippen LogP contribution in [0.4, 0.5) is 0 Å². The van der Waals surface area contributed by atoms with E-state index in [0.717, 1.165) is 26.1 Å². The summed E-state index contributed by atoms with van der Waals surface area (Å²) < 4.78 is 11.3. The van der Waals surface area contributed by atoms with Crippen LogP contribution in [-0.2, 0) is 28.7 Å². The largest absolute Gasteiger partial charge is 0.383 e. The topological polar surface area (TPSA) is 54.0 Å². The van der Waals surface area contributed by atoms with Gasteiger partial charge in [-0.3, -0.25) is 4.90 Å². The van der Waals surface area contributed by atoms with Crippen LogP contribution in [0, 0.1) is 0 Å². The third-order valence-corrected chi connectivity index (χ3v) is 5.53. The minimum Gasteiger partial charge on any atom is -0.383 e. The molecule has 27 heavy (non-hydrogen) atoms. The van der Waals surface area contributed by atoms with Gasteiger partial charge in [0.25, 0.3) is 0 Å². The highest BCUT2D eigenvalue weighted by molar-refractivity contribution is 5.35. The maximum atomic E-state index is 11.0. The average molecular weight is 377 g/mol. The van der Waals surface area contributed by atoms with Crippen molar-refractivity contribution in [2.45, 2.75) is 70.4 Å². The van der Waals surface area contributed by atoms with Crippen molar-refractivity contribution < 1.29 is 14.6 Å². The van der Waals surface area contributed by atoms with Gasteiger partial charge >= 0.3 is 0 Å². The van der Waals surface area contributed by atoms with Crippen LogP contribution in [0.2, 0.25) is 0 Å². The maximum Gasteiger partial charge on any atom is 0.171 e. The number of piperazine rings is 1. The molecule has 152 valence electrons. The van der Waals surface area contributed by atoms with Gasteiger partial charge in [0.05, 0.1) is 18.2 Å². The zero-order valence-electron chi connectivity index (χ0n) is 17.3. The first-order valence-corrected chi connectivity index (χ1v) is 10.3. The van der Waals surface area contributed by atoms with Crippen molar-refractivity contribution in [3.63, 3.8) is 0 Å². The minimum absolute atomic E-state index is 0.0647. The molecule has 2 N–H and O–H groups in total. The molecule has 1 fully saturated rings. The molecule has 3 atom stereocenters. The first kappa shape index (κ1) is 20.7. The quantitative estimate of drug-likeness (QED) is 0.714. The Morgan fingerprint density at radius 1 is 1.26 bits per heavy atom. The number of rotatable bonds is 7. The highest BCUT2D eigenvalue weighted by Crippen LogP contribution is 2.25. The highest BCUT2D eigenvalue weighted by Gasteiger charge is 2.33. The molecule has 0 bridgehead atoms. The molecule has 1 aliphatic carbocycles. The summed E-state index contributed by atoms with van der Waals surface area (Å²) in [5, 5.41) is 14.5. The predicted molar refractivity (Wildman–Crippen MR) is 108 cm³/mol. The molecule has 1 aliphatic heterocycles. The van der Waals surface area contributed by atoms with Crippen molar-refractivity contribution in [1.29, 1.82) is 0 Å². The Labute approximate surface area is 164 Å². The number of aliphatic hydroxyl groups excluding tert-OH is 1. The van der Waals surface area contributed by atoms with Gasteiger partial charge < -0.3 is 19.9 Å². The van der Waals surface area contributed by atoms with E-state index in [-0.39, 0.29) is 17.7 Å². The summed E-state index contributed by atoms with van der Waals surface area (Å²) in [5.41, 5.74) is 3.88. The molecular formula is C22H36N2O3. The lowest BCUT2D eigenvalue weighted by Gasteiger charge is -2.41. The minimum atomic E-state index is -0.820. The van der Waals surface area contributed by atoms with E-state index in [4.69, 9.17) is 9.47 Å². The monoisotopic (exact) mass is 376 g/mol. The molecule has 2 aliphatic rings. The van der Waals surface area contributed by atoms with Gasteiger partial charge in [-0.05, 0) is 63.1 Å². The number of aliphatic hydroxyl groups is 1. The molecule has 0 amide bonds. The highest BCUT2D eigenvalue weighted by atomic mass is 16.6. The van der Waals surface area contributed by atoms with Crippen molar-refractivity contribution in [1.82, 2.24) is 10.2 Å². The summed E-state index contributed by atoms with van der Waals surface area (Å²) in [6, 6.07) is 7.07. The average Bonchev–Trinajstić information content (AvgIpc) is 3.06. The molecule has 0 aromatic heterocycles. The molecule has 5 nitrogen and oxygen atoms in total. The van der Waals surface area contributed by atoms with Crippen molar-refractivity contribution in [2.24, 2.45) is 0 Å². The number of fused-ring (bicyclic) bond motifs is 1. The Bertz CT molecular complexity index is 612. The second-order valence-corrected chi connectivity index (χ2v) is 8.95. The Kier molecular flexibility index (Phi) is 6.93. The predicted octanol–water partition coefficient (Wildman–Crippen LogP) is 2.14. The number of ether oxygens (including phenoxy) is 2. The van der Waals surface area contributed by atoms with E-state index >= 15 is 0 Å². The zero-order chi connectivity index (χ0) is 19.4. The molecule has 1 aromatic carbocycles. The Morgan fingerprint density at radius 2 is 2.04 bits per heavy atom. The summed E-state index contributed by atoms with van der Waals surface area (Å²) in [4.78, 5) is 2.36. The number of hydrogen-bond acceptors (Lipinski definition) is 5. The standard InChI is InChI=1S/C22H36N2O3/c1-22(2,3)27-21(25)20(24-11-10-23-19(14-24)15-26-4)13-16-8-9-17-6-5-7-18(17)12-16/h8-9,12,19-21,23,25H,5-7,10-11,13-15H2,1-4H3/t19-,20+,21?/m1/s1. The summed E-state index contributed by atoms with van der Waals surface area (Å²) >= 11 is 0. The summed E-state index contributed by atoms with van der Waals surface area (Å²) in [5.74, 6) is 0. The van der Waals surface area contributed by atoms with Gasteiger partial charge in [-0.25, -0.2) is 0 Å². The lowest BCUT2D eigenvalue weighted by atomic mass is 9.98.